The van der Waals surface area contributed by atoms with Crippen LogP contribution < -0.4 is 22.1 Å². The molecule has 3 aliphatic rings. The van der Waals surface area contributed by atoms with Crippen molar-refractivity contribution in [3.63, 3.8) is 0 Å². The van der Waals surface area contributed by atoms with E-state index in [-0.39, 0.29) is 71.1 Å². The predicted molar refractivity (Wildman–Crippen MR) is 242 cm³/mol. The highest BCUT2D eigenvalue weighted by atomic mass is 19.1. The van der Waals surface area contributed by atoms with Gasteiger partial charge in [0, 0.05) is 62.2 Å². The maximum absolute atomic E-state index is 13.3. The van der Waals surface area contributed by atoms with E-state index in [1.54, 1.807) is 60.3 Å². The molecule has 4 aromatic carbocycles. The van der Waals surface area contributed by atoms with E-state index in [1.807, 2.05) is 36.4 Å². The highest BCUT2D eigenvalue weighted by molar-refractivity contribution is 5.90. The van der Waals surface area contributed by atoms with Crippen molar-refractivity contribution in [2.24, 2.45) is 29.2 Å². The fourth-order valence-corrected chi connectivity index (χ4v) is 8.27. The molecule has 0 unspecified atom stereocenters. The van der Waals surface area contributed by atoms with E-state index < -0.39 is 5.97 Å². The average Bonchev–Trinajstić information content (AvgIpc) is 3.29. The number of carbonyl (C=O) groups excluding carboxylic acids is 5. The Morgan fingerprint density at radius 3 is 1.20 bits per heavy atom. The maximum atomic E-state index is 13.3. The molecule has 0 spiro atoms. The van der Waals surface area contributed by atoms with Crippen molar-refractivity contribution in [3.05, 3.63) is 109 Å². The second kappa shape index (κ2) is 23.2. The summed E-state index contributed by atoms with van der Waals surface area (Å²) in [5.41, 5.74) is 15.4. The molecule has 0 atom stereocenters. The highest BCUT2D eigenvalue weighted by Gasteiger charge is 2.30. The van der Waals surface area contributed by atoms with Crippen LogP contribution in [0.25, 0.3) is 22.3 Å². The minimum absolute atomic E-state index is 0.0759. The fourth-order valence-electron chi connectivity index (χ4n) is 8.27. The second-order valence-corrected chi connectivity index (χ2v) is 16.7. The van der Waals surface area contributed by atoms with E-state index in [0.717, 1.165) is 73.6 Å². The van der Waals surface area contributed by atoms with E-state index >= 15 is 0 Å². The number of hydrogen-bond donors (Lipinski definition) is 5. The van der Waals surface area contributed by atoms with E-state index in [1.165, 1.54) is 24.3 Å². The Bertz CT molecular complexity index is 2090. The Morgan fingerprint density at radius 1 is 0.531 bits per heavy atom. The number of Topliss-reactive ketones (excluding diaryl/α,β-unsaturated/α-hetero) is 1. The fraction of sp³-hybridized carbons (Fsp3) is 0.388. The monoisotopic (exact) mass is 880 g/mol. The molecule has 340 valence electrons. The first-order chi connectivity index (χ1) is 30.6. The lowest BCUT2D eigenvalue weighted by Gasteiger charge is -2.33. The molecular weight excluding hydrogens is 823 g/mol. The minimum atomic E-state index is -0.757. The molecule has 3 saturated carbocycles. The average molecular weight is 881 g/mol. The first-order valence-electron chi connectivity index (χ1n) is 21.7. The Balaban J connectivity index is 0.000000199. The molecule has 6 amide bonds. The van der Waals surface area contributed by atoms with Crippen LogP contribution >= 0.6 is 0 Å². The number of anilines is 2. The second-order valence-electron chi connectivity index (χ2n) is 16.7. The smallest absolute Gasteiger partial charge is 0.321 e. The Labute approximate surface area is 372 Å². The third-order valence-electron chi connectivity index (χ3n) is 12.4. The SMILES string of the molecule is CN(C(=O)Nc1ccc(-c2cccc(F)c2)cc1)C1CCC(C(N)=O)CC1.CN(C(=O)Nc1ccc(-c2cccc(F)c2)cc1)C1CCC(C(N)=O)CC1.O=C1CCC(C(=O)O)CC1. The predicted octanol–water partition coefficient (Wildman–Crippen LogP) is 8.83. The van der Waals surface area contributed by atoms with Crippen molar-refractivity contribution >= 4 is 47.0 Å². The van der Waals surface area contributed by atoms with Crippen LogP contribution in [0.2, 0.25) is 0 Å². The summed E-state index contributed by atoms with van der Waals surface area (Å²) in [6.07, 6.45) is 7.97. The standard InChI is InChI=1S/2C21H24FN3O2.C7H10O3/c2*1-25(19-11-7-15(8-12-19)20(23)26)21(27)24-18-9-5-14(6-10-18)16-3-2-4-17(22)13-16;8-6-3-1-5(2-4-6)7(9)10/h2*2-6,9-10,13,15,19H,7-8,11-12H2,1H3,(H2,23,26)(H,24,27);5H,1-4H2,(H,9,10). The lowest BCUT2D eigenvalue weighted by Crippen LogP contribution is -2.43. The van der Waals surface area contributed by atoms with Crippen molar-refractivity contribution in [2.75, 3.05) is 24.7 Å². The van der Waals surface area contributed by atoms with Gasteiger partial charge in [0.15, 0.2) is 0 Å². The van der Waals surface area contributed by atoms with Crippen LogP contribution in [0.4, 0.5) is 29.7 Å². The summed E-state index contributed by atoms with van der Waals surface area (Å²) >= 11 is 0. The largest absolute Gasteiger partial charge is 0.481 e. The third kappa shape index (κ3) is 14.2. The van der Waals surface area contributed by atoms with Gasteiger partial charge >= 0.3 is 18.0 Å². The number of urea groups is 2. The zero-order valence-electron chi connectivity index (χ0n) is 36.3. The molecule has 64 heavy (non-hydrogen) atoms. The normalized spacial score (nSPS) is 19.6. The van der Waals surface area contributed by atoms with Gasteiger partial charge in [-0.15, -0.1) is 0 Å². The van der Waals surface area contributed by atoms with Crippen molar-refractivity contribution in [1.82, 2.24) is 9.80 Å². The molecule has 0 aliphatic heterocycles. The van der Waals surface area contributed by atoms with Crippen molar-refractivity contribution in [3.8, 4) is 22.3 Å². The Hall–Kier alpha value is -6.64. The Kier molecular flexibility index (Phi) is 17.5. The number of ketones is 1. The van der Waals surface area contributed by atoms with Crippen LogP contribution in [0.5, 0.6) is 0 Å². The lowest BCUT2D eigenvalue weighted by molar-refractivity contribution is -0.143. The number of halogens is 2. The zero-order valence-corrected chi connectivity index (χ0v) is 36.3. The number of nitrogens with two attached hydrogens (primary N) is 2. The van der Waals surface area contributed by atoms with Crippen LogP contribution in [0.3, 0.4) is 0 Å². The summed E-state index contributed by atoms with van der Waals surface area (Å²) in [6.45, 7) is 0. The van der Waals surface area contributed by atoms with E-state index in [4.69, 9.17) is 16.6 Å². The van der Waals surface area contributed by atoms with Crippen LogP contribution in [0.15, 0.2) is 97.1 Å². The number of carbonyl (C=O) groups is 6. The number of carboxylic acids is 1. The number of nitrogens with one attached hydrogen (secondary N) is 2. The number of aliphatic carboxylic acids is 1. The van der Waals surface area contributed by atoms with Crippen LogP contribution in [-0.4, -0.2) is 76.7 Å². The van der Waals surface area contributed by atoms with Gasteiger partial charge in [-0.2, -0.15) is 0 Å². The number of amides is 6. The van der Waals surface area contributed by atoms with Gasteiger partial charge in [-0.25, -0.2) is 18.4 Å². The lowest BCUT2D eigenvalue weighted by atomic mass is 9.85. The van der Waals surface area contributed by atoms with E-state index in [9.17, 15) is 37.5 Å². The molecule has 7 rings (SSSR count). The molecule has 7 N–H and O–H groups in total. The quantitative estimate of drug-likeness (QED) is 0.110. The van der Waals surface area contributed by atoms with E-state index in [0.29, 0.717) is 37.1 Å². The van der Waals surface area contributed by atoms with Gasteiger partial charge < -0.3 is 37.0 Å². The molecule has 13 nitrogen and oxygen atoms in total. The van der Waals surface area contributed by atoms with Crippen LogP contribution in [-0.2, 0) is 19.2 Å². The van der Waals surface area contributed by atoms with Crippen molar-refractivity contribution in [2.45, 2.75) is 89.1 Å². The third-order valence-corrected chi connectivity index (χ3v) is 12.4. The summed E-state index contributed by atoms with van der Waals surface area (Å²) < 4.78 is 26.7. The molecule has 0 radical (unpaired) electrons. The number of nitrogens with zero attached hydrogens (tertiary/aromatic N) is 2. The highest BCUT2D eigenvalue weighted by Crippen LogP contribution is 2.30. The summed E-state index contributed by atoms with van der Waals surface area (Å²) in [5.74, 6) is -2.03. The summed E-state index contributed by atoms with van der Waals surface area (Å²) in [4.78, 5) is 71.9. The van der Waals surface area contributed by atoms with Gasteiger partial charge in [0.1, 0.15) is 17.4 Å². The molecule has 0 heterocycles. The molecule has 4 aromatic rings. The summed E-state index contributed by atoms with van der Waals surface area (Å²) in [6, 6.07) is 27.2. The molecule has 3 aliphatic carbocycles. The molecule has 3 fully saturated rings. The maximum Gasteiger partial charge on any atom is 0.321 e. The van der Waals surface area contributed by atoms with Crippen molar-refractivity contribution < 1.29 is 42.7 Å². The van der Waals surface area contributed by atoms with Crippen molar-refractivity contribution in [1.29, 1.82) is 0 Å². The van der Waals surface area contributed by atoms with Gasteiger partial charge in [0.2, 0.25) is 11.8 Å². The first-order valence-corrected chi connectivity index (χ1v) is 21.7. The Morgan fingerprint density at radius 2 is 0.891 bits per heavy atom. The van der Waals surface area contributed by atoms with Gasteiger partial charge in [0.25, 0.3) is 0 Å². The van der Waals surface area contributed by atoms with E-state index in [2.05, 4.69) is 10.6 Å². The van der Waals surface area contributed by atoms with Gasteiger partial charge in [-0.3, -0.25) is 19.2 Å². The molecule has 0 saturated heterocycles. The number of carboxylic acid groups (broad SMARTS) is 1. The topological polar surface area (TPSA) is 205 Å². The molecular formula is C49H58F2N6O7. The van der Waals surface area contributed by atoms with Crippen LogP contribution in [0, 0.1) is 29.4 Å². The van der Waals surface area contributed by atoms with Gasteiger partial charge in [-0.05, 0) is 135 Å². The summed E-state index contributed by atoms with van der Waals surface area (Å²) in [5, 5.41) is 14.3. The van der Waals surface area contributed by atoms with Crippen LogP contribution in [0.1, 0.15) is 77.0 Å². The molecule has 15 heteroatoms. The molecule has 0 aromatic heterocycles. The first kappa shape index (κ1) is 48.4. The molecule has 0 bridgehead atoms. The number of hydrogen-bond acceptors (Lipinski definition) is 6. The van der Waals surface area contributed by atoms with Gasteiger partial charge in [0.05, 0.1) is 5.92 Å². The van der Waals surface area contributed by atoms with Gasteiger partial charge in [-0.1, -0.05) is 48.5 Å². The zero-order chi connectivity index (χ0) is 46.3. The number of rotatable bonds is 9. The minimum Gasteiger partial charge on any atom is -0.481 e. The number of primary amides is 2. The number of benzene rings is 4. The summed E-state index contributed by atoms with van der Waals surface area (Å²) in [7, 11) is 3.54.